The molecule has 0 aromatic heterocycles. The minimum atomic E-state index is 0.0403. The van der Waals surface area contributed by atoms with Gasteiger partial charge in [-0.25, -0.2) is 0 Å². The number of carbonyl (C=O) groups excluding carboxylic acids is 1. The average molecular weight is 247 g/mol. The van der Waals surface area contributed by atoms with Crippen molar-refractivity contribution in [2.45, 2.75) is 26.2 Å². The Morgan fingerprint density at radius 2 is 2.22 bits per heavy atom. The van der Waals surface area contributed by atoms with Crippen molar-refractivity contribution in [1.82, 2.24) is 4.90 Å². The Kier molecular flexibility index (Phi) is 3.87. The third kappa shape index (κ3) is 2.64. The fraction of sp³-hybridized carbons (Fsp3) is 0.500. The van der Waals surface area contributed by atoms with Crippen LogP contribution in [0.15, 0.2) is 18.2 Å². The smallest absolute Gasteiger partial charge is 0.255 e. The molecule has 1 amide bonds. The molecule has 0 aliphatic heterocycles. The van der Waals surface area contributed by atoms with E-state index in [2.05, 4.69) is 5.43 Å². The summed E-state index contributed by atoms with van der Waals surface area (Å²) in [6.07, 6.45) is 3.79. The van der Waals surface area contributed by atoms with Crippen LogP contribution in [-0.4, -0.2) is 24.4 Å². The van der Waals surface area contributed by atoms with Crippen molar-refractivity contribution in [3.63, 3.8) is 0 Å². The summed E-state index contributed by atoms with van der Waals surface area (Å²) in [5.41, 5.74) is 4.99. The second-order valence-electron chi connectivity index (χ2n) is 5.18. The number of nitrogens with two attached hydrogens (primary N) is 1. The highest BCUT2D eigenvalue weighted by Crippen LogP contribution is 2.27. The lowest BCUT2D eigenvalue weighted by Crippen LogP contribution is -2.34. The minimum Gasteiger partial charge on any atom is -0.341 e. The zero-order chi connectivity index (χ0) is 13.1. The summed E-state index contributed by atoms with van der Waals surface area (Å²) >= 11 is 0. The van der Waals surface area contributed by atoms with E-state index in [1.807, 2.05) is 32.2 Å². The number of nitrogen functional groups attached to an aromatic ring is 1. The molecule has 4 nitrogen and oxygen atoms in total. The molecule has 1 aromatic carbocycles. The maximum absolute atomic E-state index is 12.4. The second kappa shape index (κ2) is 5.40. The number of amides is 1. The molecule has 0 bridgehead atoms. The van der Waals surface area contributed by atoms with Gasteiger partial charge in [0.1, 0.15) is 0 Å². The van der Waals surface area contributed by atoms with Crippen LogP contribution in [-0.2, 0) is 0 Å². The molecule has 98 valence electrons. The Bertz CT molecular complexity index is 441. The zero-order valence-electron chi connectivity index (χ0n) is 11.1. The van der Waals surface area contributed by atoms with Crippen LogP contribution in [0.25, 0.3) is 0 Å². The zero-order valence-corrected chi connectivity index (χ0v) is 11.1. The standard InChI is InChI=1S/C14H21N3O/c1-10-6-7-13(16-15)12(8-10)14(18)17(2)9-11-4-3-5-11/h6-8,11,16H,3-5,9,15H2,1-2H3. The summed E-state index contributed by atoms with van der Waals surface area (Å²) in [5, 5.41) is 0. The molecule has 0 heterocycles. The molecule has 0 atom stereocenters. The van der Waals surface area contributed by atoms with E-state index in [4.69, 9.17) is 5.84 Å². The first-order valence-electron chi connectivity index (χ1n) is 6.44. The lowest BCUT2D eigenvalue weighted by Gasteiger charge is -2.30. The SMILES string of the molecule is Cc1ccc(NN)c(C(=O)N(C)CC2CCC2)c1. The van der Waals surface area contributed by atoms with Gasteiger partial charge in [0, 0.05) is 13.6 Å². The maximum Gasteiger partial charge on any atom is 0.255 e. The average Bonchev–Trinajstić information content (AvgIpc) is 2.32. The predicted octanol–water partition coefficient (Wildman–Crippen LogP) is 2.15. The number of nitrogens with zero attached hydrogens (tertiary/aromatic N) is 1. The van der Waals surface area contributed by atoms with Crippen LogP contribution < -0.4 is 11.3 Å². The quantitative estimate of drug-likeness (QED) is 0.633. The van der Waals surface area contributed by atoms with Gasteiger partial charge in [0.15, 0.2) is 0 Å². The van der Waals surface area contributed by atoms with E-state index in [0.717, 1.165) is 12.1 Å². The minimum absolute atomic E-state index is 0.0403. The molecule has 1 aliphatic carbocycles. The first kappa shape index (κ1) is 12.9. The van der Waals surface area contributed by atoms with E-state index in [1.165, 1.54) is 19.3 Å². The topological polar surface area (TPSA) is 58.4 Å². The third-order valence-electron chi connectivity index (χ3n) is 3.66. The second-order valence-corrected chi connectivity index (χ2v) is 5.18. The lowest BCUT2D eigenvalue weighted by atomic mass is 9.85. The lowest BCUT2D eigenvalue weighted by molar-refractivity contribution is 0.0746. The van der Waals surface area contributed by atoms with Crippen LogP contribution in [0.2, 0.25) is 0 Å². The summed E-state index contributed by atoms with van der Waals surface area (Å²) < 4.78 is 0. The molecule has 2 rings (SSSR count). The number of hydrogen-bond donors (Lipinski definition) is 2. The Balaban J connectivity index is 2.13. The fourth-order valence-electron chi connectivity index (χ4n) is 2.31. The van der Waals surface area contributed by atoms with Crippen molar-refractivity contribution in [1.29, 1.82) is 0 Å². The molecule has 0 radical (unpaired) electrons. The number of anilines is 1. The monoisotopic (exact) mass is 247 g/mol. The van der Waals surface area contributed by atoms with Crippen molar-refractivity contribution in [2.24, 2.45) is 11.8 Å². The van der Waals surface area contributed by atoms with Gasteiger partial charge in [-0.05, 0) is 37.8 Å². The van der Waals surface area contributed by atoms with Crippen LogP contribution in [0.3, 0.4) is 0 Å². The van der Waals surface area contributed by atoms with Gasteiger partial charge >= 0.3 is 0 Å². The number of rotatable bonds is 4. The van der Waals surface area contributed by atoms with Gasteiger partial charge in [0.25, 0.3) is 5.91 Å². The molecule has 1 aromatic rings. The highest BCUT2D eigenvalue weighted by molar-refractivity contribution is 5.99. The molecular formula is C14H21N3O. The van der Waals surface area contributed by atoms with Gasteiger partial charge in [0.2, 0.25) is 0 Å². The predicted molar refractivity (Wildman–Crippen MR) is 73.3 cm³/mol. The molecular weight excluding hydrogens is 226 g/mol. The van der Waals surface area contributed by atoms with Gasteiger partial charge in [0.05, 0.1) is 11.3 Å². The normalized spacial score (nSPS) is 15.1. The van der Waals surface area contributed by atoms with Crippen LogP contribution in [0.4, 0.5) is 5.69 Å². The van der Waals surface area contributed by atoms with Crippen LogP contribution in [0.1, 0.15) is 35.2 Å². The van der Waals surface area contributed by atoms with Crippen molar-refractivity contribution in [2.75, 3.05) is 19.0 Å². The molecule has 1 saturated carbocycles. The molecule has 0 saturated heterocycles. The summed E-state index contributed by atoms with van der Waals surface area (Å²) in [5.74, 6) is 6.18. The van der Waals surface area contributed by atoms with Gasteiger partial charge in [-0.15, -0.1) is 0 Å². The van der Waals surface area contributed by atoms with E-state index in [9.17, 15) is 4.79 Å². The molecule has 4 heteroatoms. The van der Waals surface area contributed by atoms with Crippen molar-refractivity contribution in [3.8, 4) is 0 Å². The van der Waals surface area contributed by atoms with E-state index in [0.29, 0.717) is 17.2 Å². The number of hydrazine groups is 1. The van der Waals surface area contributed by atoms with Crippen LogP contribution >= 0.6 is 0 Å². The first-order valence-corrected chi connectivity index (χ1v) is 6.44. The molecule has 1 fully saturated rings. The first-order chi connectivity index (χ1) is 8.61. The van der Waals surface area contributed by atoms with Crippen molar-refractivity contribution in [3.05, 3.63) is 29.3 Å². The number of carbonyl (C=O) groups is 1. The largest absolute Gasteiger partial charge is 0.341 e. The molecule has 18 heavy (non-hydrogen) atoms. The Hall–Kier alpha value is -1.55. The Morgan fingerprint density at radius 3 is 2.78 bits per heavy atom. The molecule has 1 aliphatic rings. The number of benzene rings is 1. The van der Waals surface area contributed by atoms with E-state index in [1.54, 1.807) is 4.90 Å². The third-order valence-corrected chi connectivity index (χ3v) is 3.66. The van der Waals surface area contributed by atoms with Crippen LogP contribution in [0, 0.1) is 12.8 Å². The summed E-state index contributed by atoms with van der Waals surface area (Å²) in [6.45, 7) is 2.82. The highest BCUT2D eigenvalue weighted by Gasteiger charge is 2.23. The summed E-state index contributed by atoms with van der Waals surface area (Å²) in [6, 6.07) is 5.67. The Morgan fingerprint density at radius 1 is 1.50 bits per heavy atom. The van der Waals surface area contributed by atoms with E-state index in [-0.39, 0.29) is 5.91 Å². The van der Waals surface area contributed by atoms with E-state index < -0.39 is 0 Å². The summed E-state index contributed by atoms with van der Waals surface area (Å²) in [4.78, 5) is 14.2. The molecule has 0 spiro atoms. The van der Waals surface area contributed by atoms with Gasteiger partial charge in [-0.3, -0.25) is 10.6 Å². The van der Waals surface area contributed by atoms with Crippen molar-refractivity contribution < 1.29 is 4.79 Å². The van der Waals surface area contributed by atoms with Gasteiger partial charge < -0.3 is 10.3 Å². The van der Waals surface area contributed by atoms with Crippen molar-refractivity contribution >= 4 is 11.6 Å². The fourth-order valence-corrected chi connectivity index (χ4v) is 2.31. The van der Waals surface area contributed by atoms with Gasteiger partial charge in [-0.2, -0.15) is 0 Å². The van der Waals surface area contributed by atoms with Crippen LogP contribution in [0.5, 0.6) is 0 Å². The summed E-state index contributed by atoms with van der Waals surface area (Å²) in [7, 11) is 1.86. The molecule has 3 N–H and O–H groups in total. The maximum atomic E-state index is 12.4. The number of aryl methyl sites for hydroxylation is 1. The number of hydrogen-bond acceptors (Lipinski definition) is 3. The van der Waals surface area contributed by atoms with Gasteiger partial charge in [-0.1, -0.05) is 18.1 Å². The van der Waals surface area contributed by atoms with E-state index >= 15 is 0 Å². The highest BCUT2D eigenvalue weighted by atomic mass is 16.2. The number of nitrogens with one attached hydrogen (secondary N) is 1. The Labute approximate surface area is 108 Å². The molecule has 0 unspecified atom stereocenters.